The van der Waals surface area contributed by atoms with E-state index in [9.17, 15) is 18.0 Å². The predicted molar refractivity (Wildman–Crippen MR) is 69.2 cm³/mol. The van der Waals surface area contributed by atoms with Crippen LogP contribution in [0.2, 0.25) is 0 Å². The Labute approximate surface area is 113 Å². The summed E-state index contributed by atoms with van der Waals surface area (Å²) >= 11 is 0. The van der Waals surface area contributed by atoms with Gasteiger partial charge in [0, 0.05) is 18.9 Å². The number of hydrogen-bond acceptors (Lipinski definition) is 2. The van der Waals surface area contributed by atoms with Crippen LogP contribution in [0.1, 0.15) is 16.1 Å². The average Bonchev–Trinajstić information content (AvgIpc) is 2.68. The molecule has 1 aromatic heterocycles. The van der Waals surface area contributed by atoms with Gasteiger partial charge in [-0.25, -0.2) is 0 Å². The van der Waals surface area contributed by atoms with Gasteiger partial charge in [-0.05, 0) is 24.3 Å². The van der Waals surface area contributed by atoms with Crippen molar-refractivity contribution in [1.29, 1.82) is 0 Å². The van der Waals surface area contributed by atoms with Crippen LogP contribution in [0.3, 0.4) is 0 Å². The van der Waals surface area contributed by atoms with E-state index in [1.54, 1.807) is 13.2 Å². The highest BCUT2D eigenvalue weighted by atomic mass is 19.4. The van der Waals surface area contributed by atoms with Gasteiger partial charge in [0.1, 0.15) is 5.69 Å². The van der Waals surface area contributed by atoms with Crippen molar-refractivity contribution in [2.75, 3.05) is 11.1 Å². The summed E-state index contributed by atoms with van der Waals surface area (Å²) in [5.41, 5.74) is 5.47. The maximum Gasteiger partial charge on any atom is 0.416 e. The number of nitrogen functional groups attached to an aromatic ring is 1. The van der Waals surface area contributed by atoms with E-state index in [1.165, 1.54) is 22.8 Å². The molecule has 20 heavy (non-hydrogen) atoms. The highest BCUT2D eigenvalue weighted by molar-refractivity contribution is 6.03. The predicted octanol–water partition coefficient (Wildman–Crippen LogP) is 2.88. The third-order valence-electron chi connectivity index (χ3n) is 2.71. The fourth-order valence-corrected chi connectivity index (χ4v) is 1.78. The van der Waals surface area contributed by atoms with Gasteiger partial charge in [0.2, 0.25) is 0 Å². The minimum Gasteiger partial charge on any atom is -0.397 e. The summed E-state index contributed by atoms with van der Waals surface area (Å²) in [6.45, 7) is 0. The zero-order chi connectivity index (χ0) is 14.9. The molecular formula is C13H12F3N3O. The van der Waals surface area contributed by atoms with Gasteiger partial charge in [0.15, 0.2) is 0 Å². The van der Waals surface area contributed by atoms with E-state index in [-0.39, 0.29) is 11.4 Å². The van der Waals surface area contributed by atoms with Crippen molar-refractivity contribution < 1.29 is 18.0 Å². The minimum absolute atomic E-state index is 0.0737. The number of amides is 1. The van der Waals surface area contributed by atoms with Crippen LogP contribution in [-0.2, 0) is 13.2 Å². The number of hydrogen-bond donors (Lipinski definition) is 2. The Morgan fingerprint density at radius 1 is 1.30 bits per heavy atom. The van der Waals surface area contributed by atoms with E-state index in [0.29, 0.717) is 5.69 Å². The molecule has 0 spiro atoms. The second-order valence-electron chi connectivity index (χ2n) is 4.30. The molecule has 0 saturated heterocycles. The molecule has 0 aliphatic rings. The van der Waals surface area contributed by atoms with Crippen LogP contribution in [0.5, 0.6) is 0 Å². The second kappa shape index (κ2) is 4.92. The van der Waals surface area contributed by atoms with E-state index < -0.39 is 17.6 Å². The number of nitrogens with two attached hydrogens (primary N) is 1. The second-order valence-corrected chi connectivity index (χ2v) is 4.30. The summed E-state index contributed by atoms with van der Waals surface area (Å²) in [4.78, 5) is 11.9. The summed E-state index contributed by atoms with van der Waals surface area (Å²) < 4.78 is 39.2. The molecule has 106 valence electrons. The van der Waals surface area contributed by atoms with Crippen LogP contribution < -0.4 is 11.1 Å². The fourth-order valence-electron chi connectivity index (χ4n) is 1.78. The third-order valence-corrected chi connectivity index (χ3v) is 2.71. The smallest absolute Gasteiger partial charge is 0.397 e. The van der Waals surface area contributed by atoms with Crippen molar-refractivity contribution in [3.8, 4) is 0 Å². The molecule has 0 atom stereocenters. The fraction of sp³-hybridized carbons (Fsp3) is 0.154. The number of alkyl halides is 3. The average molecular weight is 283 g/mol. The number of nitrogens with one attached hydrogen (secondary N) is 1. The van der Waals surface area contributed by atoms with Crippen molar-refractivity contribution in [3.63, 3.8) is 0 Å². The molecule has 0 fully saturated rings. The number of benzene rings is 1. The number of halogens is 3. The zero-order valence-electron chi connectivity index (χ0n) is 10.5. The highest BCUT2D eigenvalue weighted by Crippen LogP contribution is 2.30. The molecule has 2 rings (SSSR count). The molecule has 0 aliphatic carbocycles. The molecule has 1 heterocycles. The molecule has 2 aromatic rings. The first kappa shape index (κ1) is 14.0. The van der Waals surface area contributed by atoms with Gasteiger partial charge in [0.05, 0.1) is 11.3 Å². The number of aryl methyl sites for hydroxylation is 1. The van der Waals surface area contributed by atoms with E-state index in [1.807, 2.05) is 0 Å². The van der Waals surface area contributed by atoms with Crippen LogP contribution >= 0.6 is 0 Å². The zero-order valence-corrected chi connectivity index (χ0v) is 10.5. The topological polar surface area (TPSA) is 60.0 Å². The Morgan fingerprint density at radius 2 is 2.00 bits per heavy atom. The van der Waals surface area contributed by atoms with Gasteiger partial charge in [0.25, 0.3) is 5.91 Å². The van der Waals surface area contributed by atoms with Crippen LogP contribution in [-0.4, -0.2) is 10.5 Å². The lowest BCUT2D eigenvalue weighted by Gasteiger charge is -2.10. The first-order valence-electron chi connectivity index (χ1n) is 5.68. The van der Waals surface area contributed by atoms with Crippen LogP contribution in [0.4, 0.5) is 24.5 Å². The molecule has 0 bridgehead atoms. The summed E-state index contributed by atoms with van der Waals surface area (Å²) in [7, 11) is 1.62. The molecule has 0 saturated carbocycles. The number of carbonyl (C=O) groups excluding carboxylic acids is 1. The van der Waals surface area contributed by atoms with Crippen molar-refractivity contribution in [1.82, 2.24) is 4.57 Å². The Balaban J connectivity index is 2.22. The molecular weight excluding hydrogens is 271 g/mol. The lowest BCUT2D eigenvalue weighted by Crippen LogP contribution is -2.16. The van der Waals surface area contributed by atoms with Gasteiger partial charge >= 0.3 is 6.18 Å². The van der Waals surface area contributed by atoms with E-state index in [4.69, 9.17) is 5.73 Å². The highest BCUT2D eigenvalue weighted by Gasteiger charge is 2.30. The maximum atomic E-state index is 12.6. The van der Waals surface area contributed by atoms with Gasteiger partial charge in [-0.1, -0.05) is 6.07 Å². The standard InChI is InChI=1S/C13H12F3N3O/c1-19-7-9(17)6-11(19)12(20)18-10-4-2-3-8(5-10)13(14,15)16/h2-7H,17H2,1H3,(H,18,20). The number of nitrogens with zero attached hydrogens (tertiary/aromatic N) is 1. The van der Waals surface area contributed by atoms with Crippen LogP contribution in [0.15, 0.2) is 36.5 Å². The first-order valence-corrected chi connectivity index (χ1v) is 5.68. The third kappa shape index (κ3) is 2.93. The molecule has 7 heteroatoms. The summed E-state index contributed by atoms with van der Waals surface area (Å²) in [6, 6.07) is 5.89. The van der Waals surface area contributed by atoms with Crippen LogP contribution in [0, 0.1) is 0 Å². The Morgan fingerprint density at radius 3 is 2.55 bits per heavy atom. The van der Waals surface area contributed by atoms with Crippen molar-refractivity contribution in [2.24, 2.45) is 7.05 Å². The lowest BCUT2D eigenvalue weighted by molar-refractivity contribution is -0.137. The Kier molecular flexibility index (Phi) is 3.44. The first-order chi connectivity index (χ1) is 9.27. The summed E-state index contributed by atoms with van der Waals surface area (Å²) in [5, 5.41) is 2.41. The Bertz CT molecular complexity index is 647. The van der Waals surface area contributed by atoms with E-state index in [2.05, 4.69) is 5.32 Å². The van der Waals surface area contributed by atoms with Crippen molar-refractivity contribution in [3.05, 3.63) is 47.8 Å². The van der Waals surface area contributed by atoms with Crippen molar-refractivity contribution in [2.45, 2.75) is 6.18 Å². The molecule has 3 N–H and O–H groups in total. The number of aromatic nitrogens is 1. The SMILES string of the molecule is Cn1cc(N)cc1C(=O)Nc1cccc(C(F)(F)F)c1. The van der Waals surface area contributed by atoms with E-state index in [0.717, 1.165) is 12.1 Å². The lowest BCUT2D eigenvalue weighted by atomic mass is 10.2. The van der Waals surface area contributed by atoms with Gasteiger partial charge in [-0.15, -0.1) is 0 Å². The number of carbonyl (C=O) groups is 1. The van der Waals surface area contributed by atoms with Crippen molar-refractivity contribution >= 4 is 17.3 Å². The van der Waals surface area contributed by atoms with Gasteiger partial charge in [-0.3, -0.25) is 4.79 Å². The van der Waals surface area contributed by atoms with Crippen LogP contribution in [0.25, 0.3) is 0 Å². The molecule has 1 amide bonds. The summed E-state index contributed by atoms with van der Waals surface area (Å²) in [5.74, 6) is -0.525. The minimum atomic E-state index is -4.45. The van der Waals surface area contributed by atoms with Gasteiger partial charge in [-0.2, -0.15) is 13.2 Å². The molecule has 0 unspecified atom stereocenters. The molecule has 0 radical (unpaired) electrons. The normalized spacial score (nSPS) is 11.4. The maximum absolute atomic E-state index is 12.6. The van der Waals surface area contributed by atoms with E-state index >= 15 is 0 Å². The number of rotatable bonds is 2. The van der Waals surface area contributed by atoms with Gasteiger partial charge < -0.3 is 15.6 Å². The quantitative estimate of drug-likeness (QED) is 0.890. The largest absolute Gasteiger partial charge is 0.416 e. The summed E-state index contributed by atoms with van der Waals surface area (Å²) in [6.07, 6.45) is -2.91. The molecule has 4 nitrogen and oxygen atoms in total. The number of anilines is 2. The molecule has 0 aliphatic heterocycles. The molecule has 1 aromatic carbocycles. The monoisotopic (exact) mass is 283 g/mol. The Hall–Kier alpha value is -2.44.